The van der Waals surface area contributed by atoms with Crippen LogP contribution in [0.3, 0.4) is 0 Å². The number of hydrogen-bond donors (Lipinski definition) is 0. The summed E-state index contributed by atoms with van der Waals surface area (Å²) in [4.78, 5) is 14.4. The first-order chi connectivity index (χ1) is 11.8. The minimum absolute atomic E-state index is 0.0205. The lowest BCUT2D eigenvalue weighted by Crippen LogP contribution is -2.56. The van der Waals surface area contributed by atoms with Gasteiger partial charge in [-0.1, -0.05) is 19.8 Å². The van der Waals surface area contributed by atoms with Crippen molar-refractivity contribution in [3.05, 3.63) is 0 Å². The molecule has 144 valence electrons. The molecule has 1 saturated carbocycles. The van der Waals surface area contributed by atoms with Crippen molar-refractivity contribution in [3.8, 4) is 0 Å². The number of carbonyl (C=O) groups excluding carboxylic acids is 1. The molecule has 7 heteroatoms. The van der Waals surface area contributed by atoms with E-state index in [0.29, 0.717) is 6.61 Å². The van der Waals surface area contributed by atoms with Gasteiger partial charge in [0.1, 0.15) is 5.72 Å². The van der Waals surface area contributed by atoms with Crippen molar-refractivity contribution in [2.75, 3.05) is 13.2 Å². The molecule has 0 aromatic rings. The fourth-order valence-electron chi connectivity index (χ4n) is 5.20. The maximum atomic E-state index is 12.3. The Balaban J connectivity index is 1.72. The van der Waals surface area contributed by atoms with Crippen molar-refractivity contribution in [2.45, 2.75) is 94.6 Å². The van der Waals surface area contributed by atoms with E-state index in [1.165, 1.54) is 6.42 Å². The van der Waals surface area contributed by atoms with Crippen molar-refractivity contribution in [2.24, 2.45) is 0 Å². The van der Waals surface area contributed by atoms with Crippen molar-refractivity contribution >= 4 is 5.97 Å². The van der Waals surface area contributed by atoms with Crippen molar-refractivity contribution in [1.29, 1.82) is 0 Å². The zero-order valence-electron chi connectivity index (χ0n) is 14.9. The van der Waals surface area contributed by atoms with E-state index < -0.39 is 18.8 Å². The highest BCUT2D eigenvalue weighted by atomic mass is 19.4. The van der Waals surface area contributed by atoms with Gasteiger partial charge < -0.3 is 9.47 Å². The van der Waals surface area contributed by atoms with Crippen LogP contribution >= 0.6 is 0 Å². The molecule has 1 aliphatic carbocycles. The lowest BCUT2D eigenvalue weighted by atomic mass is 9.87. The molecule has 0 unspecified atom stereocenters. The first-order valence-electron chi connectivity index (χ1n) is 9.46. The molecule has 0 aromatic carbocycles. The van der Waals surface area contributed by atoms with Crippen LogP contribution in [-0.4, -0.2) is 47.6 Å². The van der Waals surface area contributed by atoms with Crippen molar-refractivity contribution in [1.82, 2.24) is 4.90 Å². The number of hydrogen-bond acceptors (Lipinski definition) is 4. The number of fused-ring (bicyclic) bond motifs is 2. The number of esters is 1. The van der Waals surface area contributed by atoms with E-state index in [1.54, 1.807) is 0 Å². The molecular weight excluding hydrogens is 335 g/mol. The van der Waals surface area contributed by atoms with Crippen LogP contribution in [0.1, 0.15) is 71.1 Å². The minimum atomic E-state index is -4.47. The second-order valence-corrected chi connectivity index (χ2v) is 7.81. The average Bonchev–Trinajstić information content (AvgIpc) is 3.04. The zero-order chi connectivity index (χ0) is 18.1. The molecule has 2 aliphatic heterocycles. The zero-order valence-corrected chi connectivity index (χ0v) is 14.9. The van der Waals surface area contributed by atoms with Gasteiger partial charge in [0.25, 0.3) is 0 Å². The third-order valence-corrected chi connectivity index (χ3v) is 6.02. The average molecular weight is 363 g/mol. The smallest absolute Gasteiger partial charge is 0.422 e. The predicted octanol–water partition coefficient (Wildman–Crippen LogP) is 4.18. The lowest BCUT2D eigenvalue weighted by molar-refractivity contribution is -0.188. The van der Waals surface area contributed by atoms with E-state index in [1.807, 2.05) is 0 Å². The standard InChI is InChI=1S/C18H28F3NO3/c1-2-7-16-10-6-14(11-15(23)24-13-18(19,20)21)22(16)17(25-12-16)8-4-3-5-9-17/h14H,2-13H2,1H3/t14-,16-/m1/s1. The third-order valence-electron chi connectivity index (χ3n) is 6.02. The molecule has 0 N–H and O–H groups in total. The summed E-state index contributed by atoms with van der Waals surface area (Å²) in [6, 6.07) is -0.0760. The molecule has 3 rings (SSSR count). The largest absolute Gasteiger partial charge is 0.456 e. The monoisotopic (exact) mass is 363 g/mol. The van der Waals surface area contributed by atoms with Gasteiger partial charge in [0.2, 0.25) is 0 Å². The third kappa shape index (κ3) is 3.82. The van der Waals surface area contributed by atoms with E-state index in [2.05, 4.69) is 16.6 Å². The van der Waals surface area contributed by atoms with Crippen LogP contribution in [0.2, 0.25) is 0 Å². The van der Waals surface area contributed by atoms with Crippen LogP contribution in [0.5, 0.6) is 0 Å². The van der Waals surface area contributed by atoms with E-state index in [0.717, 1.165) is 51.4 Å². The van der Waals surface area contributed by atoms with E-state index in [4.69, 9.17) is 4.74 Å². The second-order valence-electron chi connectivity index (χ2n) is 7.81. The van der Waals surface area contributed by atoms with Crippen LogP contribution < -0.4 is 0 Å². The highest BCUT2D eigenvalue weighted by molar-refractivity contribution is 5.70. The Kier molecular flexibility index (Phi) is 5.36. The highest BCUT2D eigenvalue weighted by Crippen LogP contribution is 2.53. The summed E-state index contributed by atoms with van der Waals surface area (Å²) in [7, 11) is 0. The Morgan fingerprint density at radius 1 is 1.24 bits per heavy atom. The molecular formula is C18H28F3NO3. The first kappa shape index (κ1) is 19.0. The van der Waals surface area contributed by atoms with Gasteiger partial charge in [-0.05, 0) is 44.9 Å². The molecule has 0 amide bonds. The second kappa shape index (κ2) is 7.06. The van der Waals surface area contributed by atoms with Crippen LogP contribution in [0.15, 0.2) is 0 Å². The summed E-state index contributed by atoms with van der Waals surface area (Å²) in [6.07, 6.45) is 4.65. The van der Waals surface area contributed by atoms with Gasteiger partial charge in [-0.15, -0.1) is 0 Å². The van der Waals surface area contributed by atoms with E-state index in [-0.39, 0.29) is 23.7 Å². The summed E-state index contributed by atoms with van der Waals surface area (Å²) in [5.74, 6) is -0.757. The quantitative estimate of drug-likeness (QED) is 0.687. The van der Waals surface area contributed by atoms with Gasteiger partial charge >= 0.3 is 12.1 Å². The molecule has 3 aliphatic rings. The summed E-state index contributed by atoms with van der Waals surface area (Å²) < 4.78 is 47.6. The predicted molar refractivity (Wildman–Crippen MR) is 85.9 cm³/mol. The molecule has 2 saturated heterocycles. The molecule has 2 atom stereocenters. The topological polar surface area (TPSA) is 38.8 Å². The molecule has 0 aromatic heterocycles. The minimum Gasteiger partial charge on any atom is -0.456 e. The fourth-order valence-corrected chi connectivity index (χ4v) is 5.20. The Morgan fingerprint density at radius 2 is 1.96 bits per heavy atom. The molecule has 0 bridgehead atoms. The van der Waals surface area contributed by atoms with Crippen molar-refractivity contribution < 1.29 is 27.4 Å². The van der Waals surface area contributed by atoms with Gasteiger partial charge in [-0.2, -0.15) is 13.2 Å². The van der Waals surface area contributed by atoms with Crippen molar-refractivity contribution in [3.63, 3.8) is 0 Å². The lowest BCUT2D eigenvalue weighted by Gasteiger charge is -2.46. The Hall–Kier alpha value is -0.820. The first-order valence-corrected chi connectivity index (χ1v) is 9.46. The highest BCUT2D eigenvalue weighted by Gasteiger charge is 2.61. The van der Waals surface area contributed by atoms with Crippen LogP contribution in [0.4, 0.5) is 13.2 Å². The van der Waals surface area contributed by atoms with Gasteiger partial charge in [-0.25, -0.2) is 0 Å². The number of rotatable bonds is 5. The Bertz CT molecular complexity index is 490. The molecule has 1 spiro atoms. The van der Waals surface area contributed by atoms with Crippen LogP contribution in [0.25, 0.3) is 0 Å². The van der Waals surface area contributed by atoms with Crippen LogP contribution in [-0.2, 0) is 14.3 Å². The van der Waals surface area contributed by atoms with Gasteiger partial charge in [0.05, 0.1) is 13.0 Å². The summed E-state index contributed by atoms with van der Waals surface area (Å²) in [5, 5.41) is 0. The number of ether oxygens (including phenoxy) is 2. The van der Waals surface area contributed by atoms with E-state index in [9.17, 15) is 18.0 Å². The maximum absolute atomic E-state index is 12.3. The molecule has 4 nitrogen and oxygen atoms in total. The fraction of sp³-hybridized carbons (Fsp3) is 0.944. The Morgan fingerprint density at radius 3 is 2.60 bits per heavy atom. The maximum Gasteiger partial charge on any atom is 0.422 e. The van der Waals surface area contributed by atoms with Crippen LogP contribution in [0, 0.1) is 0 Å². The molecule has 0 radical (unpaired) electrons. The normalized spacial score (nSPS) is 32.1. The molecule has 25 heavy (non-hydrogen) atoms. The van der Waals surface area contributed by atoms with Gasteiger partial charge in [0, 0.05) is 11.6 Å². The molecule has 2 heterocycles. The molecule has 3 fully saturated rings. The SMILES string of the molecule is CCC[C@]12CC[C@H](CC(=O)OCC(F)(F)F)N1C1(CCCCC1)OC2. The summed E-state index contributed by atoms with van der Waals surface area (Å²) >= 11 is 0. The Labute approximate surface area is 147 Å². The number of carbonyl (C=O) groups is 1. The number of nitrogens with zero attached hydrogens (tertiary/aromatic N) is 1. The summed E-state index contributed by atoms with van der Waals surface area (Å²) in [5.41, 5.74) is -0.375. The van der Waals surface area contributed by atoms with E-state index >= 15 is 0 Å². The van der Waals surface area contributed by atoms with Gasteiger partial charge in [0.15, 0.2) is 6.61 Å². The summed E-state index contributed by atoms with van der Waals surface area (Å²) in [6.45, 7) is 1.32. The number of halogens is 3. The number of alkyl halides is 3. The van der Waals surface area contributed by atoms with Gasteiger partial charge in [-0.3, -0.25) is 9.69 Å².